The van der Waals surface area contributed by atoms with Crippen LogP contribution in [0, 0.1) is 17.2 Å². The number of nitriles is 1. The Morgan fingerprint density at radius 2 is 1.66 bits per heavy atom. The number of carbonyl (C=O) groups is 1. The Labute approximate surface area is 412 Å². The standard InChI is InChI=1S/C46H48N10O12P2S/c1-29(2)42(57)53-45-52-41-39(43(58)54-45)50-28-56(41)44-37(68-69(59)60)23-35(67-44)25-66-70(71,64-21-8-19-47)65-22-20-55-38(51-36-24-48-27-49-40(36)55)26-63-46(30-9-6-5-7-10-30,31-11-15-33(61-3)16-12-31)32-13-17-34(62-4)18-14-32/h5-7,9-18,24,27-29,35,37,44H,8,20-23,25-26H2,1-4H3,(H2-,52,53,54,57,58,59,60)/p+1/t35-,37+,44+,70?/m0/s1. The maximum atomic E-state index is 13.0. The first-order chi connectivity index (χ1) is 34.3. The minimum atomic E-state index is -3.65. The van der Waals surface area contributed by atoms with Gasteiger partial charge in [0.25, 0.3) is 5.56 Å². The van der Waals surface area contributed by atoms with Crippen molar-refractivity contribution in [3.8, 4) is 17.6 Å². The van der Waals surface area contributed by atoms with E-state index in [1.165, 1.54) is 17.2 Å². The summed E-state index contributed by atoms with van der Waals surface area (Å²) < 4.78 is 63.6. The molecule has 1 aliphatic rings. The number of H-pyrrole nitrogens is 1. The first-order valence-electron chi connectivity index (χ1n) is 22.1. The van der Waals surface area contributed by atoms with Gasteiger partial charge in [-0.05, 0) is 52.8 Å². The summed E-state index contributed by atoms with van der Waals surface area (Å²) in [6.45, 7) is -0.602. The van der Waals surface area contributed by atoms with E-state index in [0.717, 1.165) is 16.7 Å². The third-order valence-corrected chi connectivity index (χ3v) is 14.2. The molecule has 8 rings (SSSR count). The SMILES string of the molecule is COc1ccc(C(OCc2nc3cncnc3n2CCOP(=S)(OCCC#N)OC[C@@H]2C[C@@H](O[P+](=O)O)[C@H](n3cnc4c(=O)[nH]c(NC(=O)C(C)C)nc43)O2)(c2ccccc2)c2ccc(OC)cc2)cc1. The summed E-state index contributed by atoms with van der Waals surface area (Å²) in [5, 5.41) is 11.9. The normalized spacial score (nSPS) is 17.0. The Morgan fingerprint density at radius 3 is 2.31 bits per heavy atom. The number of amides is 1. The molecular formula is C46H49N10O12P2S+. The topological polar surface area (TPSA) is 271 Å². The third kappa shape index (κ3) is 11.5. The molecular weight excluding hydrogens is 979 g/mol. The van der Waals surface area contributed by atoms with Gasteiger partial charge in [-0.15, -0.1) is 9.42 Å². The van der Waals surface area contributed by atoms with Crippen LogP contribution >= 0.6 is 15.0 Å². The van der Waals surface area contributed by atoms with Crippen molar-refractivity contribution < 1.29 is 51.3 Å². The van der Waals surface area contributed by atoms with Crippen LogP contribution in [-0.4, -0.2) is 96.1 Å². The van der Waals surface area contributed by atoms with Gasteiger partial charge >= 0.3 is 15.0 Å². The van der Waals surface area contributed by atoms with Crippen molar-refractivity contribution in [2.24, 2.45) is 5.92 Å². The summed E-state index contributed by atoms with van der Waals surface area (Å²) in [5.74, 6) is 0.911. The first-order valence-corrected chi connectivity index (χ1v) is 25.8. The van der Waals surface area contributed by atoms with Crippen LogP contribution < -0.4 is 20.3 Å². The summed E-state index contributed by atoms with van der Waals surface area (Å²) in [6, 6.07) is 27.2. The van der Waals surface area contributed by atoms with Crippen LogP contribution in [0.3, 0.4) is 0 Å². The number of nitrogens with zero attached hydrogens (tertiary/aromatic N) is 8. The average Bonchev–Trinajstić information content (AvgIpc) is 4.09. The number of ether oxygens (including phenoxy) is 4. The maximum absolute atomic E-state index is 13.0. The number of nitrogens with one attached hydrogen (secondary N) is 2. The van der Waals surface area contributed by atoms with E-state index in [2.05, 4.69) is 30.2 Å². The lowest BCUT2D eigenvalue weighted by Gasteiger charge is -2.36. The van der Waals surface area contributed by atoms with E-state index in [1.54, 1.807) is 34.3 Å². The fraction of sp³-hybridized carbons (Fsp3) is 0.348. The number of rotatable bonds is 23. The monoisotopic (exact) mass is 1030 g/mol. The van der Waals surface area contributed by atoms with Gasteiger partial charge in [-0.3, -0.25) is 24.5 Å². The van der Waals surface area contributed by atoms with Crippen molar-refractivity contribution in [1.29, 1.82) is 5.26 Å². The molecule has 0 spiro atoms. The number of aromatic amines is 1. The van der Waals surface area contributed by atoms with Crippen LogP contribution in [0.25, 0.3) is 22.3 Å². The van der Waals surface area contributed by atoms with Gasteiger partial charge in [-0.25, -0.2) is 19.9 Å². The van der Waals surface area contributed by atoms with Crippen molar-refractivity contribution in [3.63, 3.8) is 0 Å². The number of hydrogen-bond acceptors (Lipinski definition) is 18. The molecule has 5 heterocycles. The summed E-state index contributed by atoms with van der Waals surface area (Å²) >= 11 is 5.90. The van der Waals surface area contributed by atoms with Gasteiger partial charge in [0, 0.05) is 23.4 Å². The number of hydrogen-bond donors (Lipinski definition) is 3. The molecule has 3 N–H and O–H groups in total. The molecule has 370 valence electrons. The molecule has 0 bridgehead atoms. The van der Waals surface area contributed by atoms with E-state index < -0.39 is 50.5 Å². The van der Waals surface area contributed by atoms with Crippen LogP contribution in [-0.2, 0) is 67.5 Å². The molecule has 0 aliphatic carbocycles. The fourth-order valence-electron chi connectivity index (χ4n) is 7.96. The van der Waals surface area contributed by atoms with Crippen molar-refractivity contribution in [3.05, 3.63) is 131 Å². The highest BCUT2D eigenvalue weighted by Crippen LogP contribution is 2.51. The molecule has 1 fully saturated rings. The molecule has 7 aromatic rings. The highest BCUT2D eigenvalue weighted by molar-refractivity contribution is 8.07. The first kappa shape index (κ1) is 51.0. The van der Waals surface area contributed by atoms with E-state index in [1.807, 2.05) is 89.5 Å². The van der Waals surface area contributed by atoms with Gasteiger partial charge in [0.15, 0.2) is 29.1 Å². The number of anilines is 1. The van der Waals surface area contributed by atoms with Gasteiger partial charge in [-0.2, -0.15) is 10.2 Å². The minimum Gasteiger partial charge on any atom is -0.497 e. The number of imidazole rings is 2. The number of fused-ring (bicyclic) bond motifs is 2. The zero-order valence-electron chi connectivity index (χ0n) is 38.8. The Morgan fingerprint density at radius 1 is 0.986 bits per heavy atom. The summed E-state index contributed by atoms with van der Waals surface area (Å²) in [7, 11) is 0.0969. The summed E-state index contributed by atoms with van der Waals surface area (Å²) in [5.41, 5.74) is 1.63. The van der Waals surface area contributed by atoms with Gasteiger partial charge < -0.3 is 37.1 Å². The van der Waals surface area contributed by atoms with Crippen molar-refractivity contribution in [2.45, 2.75) is 63.9 Å². The van der Waals surface area contributed by atoms with Crippen molar-refractivity contribution in [2.75, 3.05) is 39.4 Å². The van der Waals surface area contributed by atoms with Gasteiger partial charge in [0.1, 0.15) is 41.4 Å². The van der Waals surface area contributed by atoms with Crippen LogP contribution in [0.1, 0.15) is 55.4 Å². The fourth-order valence-corrected chi connectivity index (χ4v) is 10.2. The number of methoxy groups -OCH3 is 2. The largest absolute Gasteiger partial charge is 0.695 e. The maximum Gasteiger partial charge on any atom is 0.695 e. The smallest absolute Gasteiger partial charge is 0.497 e. The van der Waals surface area contributed by atoms with Crippen molar-refractivity contribution in [1.82, 2.24) is 39.0 Å². The lowest BCUT2D eigenvalue weighted by atomic mass is 9.80. The quantitative estimate of drug-likeness (QED) is 0.0346. The Kier molecular flexibility index (Phi) is 16.3. The molecule has 25 heteroatoms. The number of benzene rings is 3. The Balaban J connectivity index is 1.03. The molecule has 71 heavy (non-hydrogen) atoms. The molecule has 1 aliphatic heterocycles. The summed E-state index contributed by atoms with van der Waals surface area (Å²) in [6.07, 6.45) is 1.27. The zero-order chi connectivity index (χ0) is 50.1. The van der Waals surface area contributed by atoms with Gasteiger partial charge in [-0.1, -0.05) is 68.4 Å². The van der Waals surface area contributed by atoms with Gasteiger partial charge in [0.2, 0.25) is 11.9 Å². The third-order valence-electron chi connectivity index (χ3n) is 11.4. The highest BCUT2D eigenvalue weighted by Gasteiger charge is 2.44. The van der Waals surface area contributed by atoms with E-state index in [-0.39, 0.29) is 68.8 Å². The van der Waals surface area contributed by atoms with Crippen LogP contribution in [0.5, 0.6) is 11.5 Å². The van der Waals surface area contributed by atoms with E-state index in [0.29, 0.717) is 28.5 Å². The van der Waals surface area contributed by atoms with Crippen molar-refractivity contribution >= 4 is 61.0 Å². The Bertz CT molecular complexity index is 3090. The minimum absolute atomic E-state index is 0.0118. The molecule has 0 saturated carbocycles. The number of carbonyl (C=O) groups excluding carboxylic acids is 1. The molecule has 0 radical (unpaired) electrons. The molecule has 2 unspecified atom stereocenters. The second-order valence-electron chi connectivity index (χ2n) is 16.2. The predicted octanol–water partition coefficient (Wildman–Crippen LogP) is 6.59. The highest BCUT2D eigenvalue weighted by atomic mass is 32.5. The van der Waals surface area contributed by atoms with Crippen LogP contribution in [0.15, 0.2) is 103 Å². The van der Waals surface area contributed by atoms with E-state index >= 15 is 0 Å². The summed E-state index contributed by atoms with van der Waals surface area (Å²) in [4.78, 5) is 59.9. The van der Waals surface area contributed by atoms with Gasteiger partial charge in [0.05, 0.1) is 65.2 Å². The molecule has 1 amide bonds. The molecule has 22 nitrogen and oxygen atoms in total. The molecule has 5 atom stereocenters. The molecule has 1 saturated heterocycles. The van der Waals surface area contributed by atoms with Crippen LogP contribution in [0.2, 0.25) is 0 Å². The van der Waals surface area contributed by atoms with Crippen LogP contribution in [0.4, 0.5) is 5.95 Å². The second-order valence-corrected chi connectivity index (χ2v) is 19.9. The average molecular weight is 1030 g/mol. The Hall–Kier alpha value is -6.41. The number of aromatic nitrogens is 8. The van der Waals surface area contributed by atoms with E-state index in [9.17, 15) is 24.3 Å². The van der Waals surface area contributed by atoms with E-state index in [4.69, 9.17) is 53.8 Å². The predicted molar refractivity (Wildman–Crippen MR) is 260 cm³/mol. The molecule has 4 aromatic heterocycles. The molecule has 3 aromatic carbocycles. The lowest BCUT2D eigenvalue weighted by molar-refractivity contribution is -0.118. The second kappa shape index (κ2) is 22.8. The lowest BCUT2D eigenvalue weighted by Crippen LogP contribution is -2.33. The zero-order valence-corrected chi connectivity index (χ0v) is 41.4.